The maximum atomic E-state index is 13.8. The van der Waals surface area contributed by atoms with Crippen LogP contribution >= 0.6 is 0 Å². The Morgan fingerprint density at radius 3 is 2.62 bits per heavy atom. The first-order valence-electron chi connectivity index (χ1n) is 11.3. The summed E-state index contributed by atoms with van der Waals surface area (Å²) in [5.41, 5.74) is 7.21. The molecule has 6 rings (SSSR count). The number of hydrogen-bond donors (Lipinski definition) is 3. The molecular weight excluding hydrogens is 457 g/mol. The number of nitrogens with two attached hydrogens (primary N) is 1. The molecule has 7 nitrogen and oxygen atoms in total. The highest BCUT2D eigenvalue weighted by molar-refractivity contribution is 7.94. The largest absolute Gasteiger partial charge is 0.511 e. The summed E-state index contributed by atoms with van der Waals surface area (Å²) in [5, 5.41) is 15.4. The molecule has 4 aliphatic rings. The van der Waals surface area contributed by atoms with Crippen LogP contribution < -0.4 is 11.1 Å². The van der Waals surface area contributed by atoms with Crippen LogP contribution in [0.3, 0.4) is 0 Å². The summed E-state index contributed by atoms with van der Waals surface area (Å²) in [4.78, 5) is 15.6. The second-order valence-corrected chi connectivity index (χ2v) is 11.4. The molecule has 4 N–H and O–H groups in total. The van der Waals surface area contributed by atoms with Crippen LogP contribution in [0.2, 0.25) is 0 Å². The number of aliphatic hydroxyl groups excluding tert-OH is 1. The van der Waals surface area contributed by atoms with E-state index in [-0.39, 0.29) is 58.1 Å². The number of sulfone groups is 1. The van der Waals surface area contributed by atoms with Gasteiger partial charge in [-0.3, -0.25) is 4.79 Å². The van der Waals surface area contributed by atoms with E-state index in [1.165, 1.54) is 18.2 Å². The van der Waals surface area contributed by atoms with Crippen molar-refractivity contribution in [3.63, 3.8) is 0 Å². The van der Waals surface area contributed by atoms with Gasteiger partial charge in [-0.1, -0.05) is 12.1 Å². The van der Waals surface area contributed by atoms with E-state index < -0.39 is 15.7 Å². The molecule has 2 heterocycles. The standard InChI is InChI=1S/C25H24FN3O4S/c26-16-5-1-13(2-6-16)11-29-23-15-4-3-14(9-15)21(23)24(30)22(25(29)31)19-12-34(32,33)20-10-17(27)7-8-18(20)28-19/h1-2,5-8,10,12,14-15,21,23,28,30H,3-4,9,11,27H2/t14-,15+,21?,23?/m1/s1. The normalized spacial score (nSPS) is 28.9. The van der Waals surface area contributed by atoms with Crippen molar-refractivity contribution in [1.29, 1.82) is 0 Å². The highest BCUT2D eigenvalue weighted by atomic mass is 32.2. The SMILES string of the molecule is Nc1ccc2c(c1)S(=O)(=O)C=C(C1=C(O)C3C([C@H]4CC[C@@H]3C4)N(Cc3ccc(F)cc3)C1=O)N2. The number of nitrogen functional groups attached to an aromatic ring is 1. The first-order valence-corrected chi connectivity index (χ1v) is 12.9. The molecule has 2 bridgehead atoms. The van der Waals surface area contributed by atoms with Gasteiger partial charge in [0.25, 0.3) is 5.91 Å². The van der Waals surface area contributed by atoms with E-state index in [1.54, 1.807) is 29.2 Å². The number of carbonyl (C=O) groups excluding carboxylic acids is 1. The van der Waals surface area contributed by atoms with E-state index in [2.05, 4.69) is 5.32 Å². The van der Waals surface area contributed by atoms with Gasteiger partial charge in [-0.15, -0.1) is 0 Å². The maximum Gasteiger partial charge on any atom is 0.260 e. The lowest BCUT2D eigenvalue weighted by Gasteiger charge is -2.44. The van der Waals surface area contributed by atoms with Gasteiger partial charge >= 0.3 is 0 Å². The maximum absolute atomic E-state index is 13.8. The molecule has 1 amide bonds. The van der Waals surface area contributed by atoms with Crippen molar-refractivity contribution in [2.75, 3.05) is 11.1 Å². The Hall–Kier alpha value is -3.33. The summed E-state index contributed by atoms with van der Waals surface area (Å²) in [5.74, 6) is -0.546. The van der Waals surface area contributed by atoms with E-state index >= 15 is 0 Å². The molecule has 2 saturated carbocycles. The third-order valence-corrected chi connectivity index (χ3v) is 9.17. The molecule has 2 unspecified atom stereocenters. The number of benzene rings is 2. The van der Waals surface area contributed by atoms with Crippen molar-refractivity contribution >= 4 is 27.1 Å². The number of nitrogens with zero attached hydrogens (tertiary/aromatic N) is 1. The number of amides is 1. The van der Waals surface area contributed by atoms with Gasteiger partial charge in [0.05, 0.1) is 21.7 Å². The van der Waals surface area contributed by atoms with Crippen LogP contribution in [0.4, 0.5) is 15.8 Å². The van der Waals surface area contributed by atoms with Crippen LogP contribution in [-0.4, -0.2) is 30.4 Å². The van der Waals surface area contributed by atoms with Gasteiger partial charge in [-0.05, 0) is 67.0 Å². The van der Waals surface area contributed by atoms with Crippen LogP contribution in [0, 0.1) is 23.6 Å². The number of hydrogen-bond acceptors (Lipinski definition) is 6. The van der Waals surface area contributed by atoms with Gasteiger partial charge in [-0.2, -0.15) is 0 Å². The van der Waals surface area contributed by atoms with Gasteiger partial charge in [0.1, 0.15) is 17.1 Å². The van der Waals surface area contributed by atoms with E-state index in [9.17, 15) is 22.7 Å². The number of rotatable bonds is 3. The molecule has 2 aromatic rings. The molecule has 2 aliphatic heterocycles. The van der Waals surface area contributed by atoms with Crippen molar-refractivity contribution in [1.82, 2.24) is 4.90 Å². The first kappa shape index (κ1) is 21.2. The van der Waals surface area contributed by atoms with E-state index in [0.29, 0.717) is 11.4 Å². The second kappa shape index (κ2) is 7.33. The average molecular weight is 482 g/mol. The predicted molar refractivity (Wildman–Crippen MR) is 124 cm³/mol. The first-order chi connectivity index (χ1) is 16.2. The van der Waals surface area contributed by atoms with Crippen molar-refractivity contribution in [2.45, 2.75) is 36.7 Å². The summed E-state index contributed by atoms with van der Waals surface area (Å²) < 4.78 is 39.5. The fourth-order valence-corrected chi connectivity index (χ4v) is 7.60. The molecule has 0 spiro atoms. The third-order valence-electron chi connectivity index (χ3n) is 7.67. The summed E-state index contributed by atoms with van der Waals surface area (Å²) in [6.45, 7) is 0.257. The monoisotopic (exact) mass is 481 g/mol. The highest BCUT2D eigenvalue weighted by Gasteiger charge is 2.56. The van der Waals surface area contributed by atoms with Gasteiger partial charge in [0.2, 0.25) is 9.84 Å². The number of halogens is 1. The predicted octanol–water partition coefficient (Wildman–Crippen LogP) is 3.72. The average Bonchev–Trinajstić information content (AvgIpc) is 3.40. The van der Waals surface area contributed by atoms with Crippen molar-refractivity contribution in [3.05, 3.63) is 76.3 Å². The molecule has 0 aromatic heterocycles. The zero-order valence-corrected chi connectivity index (χ0v) is 19.1. The minimum Gasteiger partial charge on any atom is -0.511 e. The lowest BCUT2D eigenvalue weighted by molar-refractivity contribution is -0.134. The van der Waals surface area contributed by atoms with E-state index in [0.717, 1.165) is 30.2 Å². The Labute approximate surface area is 196 Å². The summed E-state index contributed by atoms with van der Waals surface area (Å²) in [6.07, 6.45) is 2.88. The molecule has 4 atom stereocenters. The summed E-state index contributed by atoms with van der Waals surface area (Å²) in [6, 6.07) is 10.3. The number of fused-ring (bicyclic) bond motifs is 6. The minimum absolute atomic E-state index is 0.0121. The lowest BCUT2D eigenvalue weighted by Crippen LogP contribution is -2.52. The van der Waals surface area contributed by atoms with Gasteiger partial charge < -0.3 is 21.1 Å². The molecule has 2 aromatic carbocycles. The zero-order chi connectivity index (χ0) is 23.8. The number of aliphatic hydroxyl groups is 1. The van der Waals surface area contributed by atoms with Crippen LogP contribution in [0.15, 0.2) is 69.8 Å². The van der Waals surface area contributed by atoms with Crippen molar-refractivity contribution < 1.29 is 22.7 Å². The highest BCUT2D eigenvalue weighted by Crippen LogP contribution is 2.56. The summed E-state index contributed by atoms with van der Waals surface area (Å²) >= 11 is 0. The van der Waals surface area contributed by atoms with Gasteiger partial charge in [0, 0.05) is 24.2 Å². The topological polar surface area (TPSA) is 113 Å². The fraction of sp³-hybridized carbons (Fsp3) is 0.320. The fourth-order valence-electron chi connectivity index (χ4n) is 6.26. The number of carbonyl (C=O) groups is 1. The Bertz CT molecular complexity index is 1380. The van der Waals surface area contributed by atoms with E-state index in [1.807, 2.05) is 0 Å². The molecule has 0 radical (unpaired) electrons. The van der Waals surface area contributed by atoms with Crippen LogP contribution in [0.25, 0.3) is 0 Å². The summed E-state index contributed by atoms with van der Waals surface area (Å²) in [7, 11) is -3.89. The second-order valence-electron chi connectivity index (χ2n) is 9.63. The molecule has 34 heavy (non-hydrogen) atoms. The smallest absolute Gasteiger partial charge is 0.260 e. The van der Waals surface area contributed by atoms with Crippen LogP contribution in [0.1, 0.15) is 24.8 Å². The molecular formula is C25H24FN3O4S. The Kier molecular flexibility index (Phi) is 4.58. The lowest BCUT2D eigenvalue weighted by atomic mass is 9.77. The molecule has 0 saturated heterocycles. The van der Waals surface area contributed by atoms with Gasteiger partial charge in [-0.25, -0.2) is 12.8 Å². The van der Waals surface area contributed by atoms with E-state index in [4.69, 9.17) is 5.73 Å². The number of anilines is 2. The zero-order valence-electron chi connectivity index (χ0n) is 18.2. The molecule has 9 heteroatoms. The quantitative estimate of drug-likeness (QED) is 0.576. The molecule has 176 valence electrons. The minimum atomic E-state index is -3.89. The number of nitrogens with one attached hydrogen (secondary N) is 1. The van der Waals surface area contributed by atoms with Crippen LogP contribution in [0.5, 0.6) is 0 Å². The van der Waals surface area contributed by atoms with Crippen LogP contribution in [-0.2, 0) is 21.2 Å². The Morgan fingerprint density at radius 2 is 1.85 bits per heavy atom. The third kappa shape index (κ3) is 3.14. The van der Waals surface area contributed by atoms with Gasteiger partial charge in [0.15, 0.2) is 0 Å². The van der Waals surface area contributed by atoms with Crippen molar-refractivity contribution in [2.24, 2.45) is 17.8 Å². The Morgan fingerprint density at radius 1 is 1.12 bits per heavy atom. The molecule has 2 fully saturated rings. The molecule has 2 aliphatic carbocycles. The van der Waals surface area contributed by atoms with Crippen molar-refractivity contribution in [3.8, 4) is 0 Å². The Balaban J connectivity index is 1.45.